The average molecular weight is 195 g/mol. The van der Waals surface area contributed by atoms with Crippen LogP contribution in [0.1, 0.15) is 0 Å². The van der Waals surface area contributed by atoms with Crippen LogP contribution >= 0.6 is 0 Å². The van der Waals surface area contributed by atoms with E-state index < -0.39 is 44.0 Å². The second-order valence-corrected chi connectivity index (χ2v) is 3.12. The van der Waals surface area contributed by atoms with Crippen molar-refractivity contribution in [1.29, 1.82) is 0 Å². The summed E-state index contributed by atoms with van der Waals surface area (Å²) in [5, 5.41) is 44.7. The maximum absolute atomic E-state index is 9.03. The molecular formula is C7H17NO5. The lowest BCUT2D eigenvalue weighted by Gasteiger charge is -2.36. The van der Waals surface area contributed by atoms with E-state index in [-0.39, 0.29) is 0 Å². The molecule has 6 heteroatoms. The molecule has 80 valence electrons. The third-order valence-electron chi connectivity index (χ3n) is 2.34. The Hall–Kier alpha value is -0.240. The van der Waals surface area contributed by atoms with Gasteiger partial charge in [0, 0.05) is 11.3 Å². The third kappa shape index (κ3) is 2.60. The number of aliphatic hydroxyl groups is 5. The molecule has 2 unspecified atom stereocenters. The Morgan fingerprint density at radius 1 is 1.00 bits per heavy atom. The van der Waals surface area contributed by atoms with E-state index in [2.05, 4.69) is 0 Å². The molecule has 0 saturated heterocycles. The molecular weight excluding hydrogens is 178 g/mol. The fourth-order valence-electron chi connectivity index (χ4n) is 1.17. The molecule has 0 spiro atoms. The van der Waals surface area contributed by atoms with Crippen molar-refractivity contribution in [3.8, 4) is 0 Å². The summed E-state index contributed by atoms with van der Waals surface area (Å²) in [7, 11) is 0. The van der Waals surface area contributed by atoms with Gasteiger partial charge in [-0.05, 0) is 0 Å². The molecule has 0 aromatic heterocycles. The number of rotatable bonds is 6. The van der Waals surface area contributed by atoms with Crippen LogP contribution in [0, 0.1) is 11.3 Å². The van der Waals surface area contributed by atoms with Gasteiger partial charge in [-0.25, -0.2) is 0 Å². The Morgan fingerprint density at radius 2 is 1.38 bits per heavy atom. The predicted molar refractivity (Wildman–Crippen MR) is 44.5 cm³/mol. The normalized spacial score (nSPS) is 17.1. The lowest BCUT2D eigenvalue weighted by molar-refractivity contribution is -0.0961. The molecule has 0 aromatic carbocycles. The maximum Gasteiger partial charge on any atom is 0.108 e. The van der Waals surface area contributed by atoms with Crippen molar-refractivity contribution in [2.45, 2.75) is 6.23 Å². The summed E-state index contributed by atoms with van der Waals surface area (Å²) in [6, 6.07) is 0. The molecule has 0 bridgehead atoms. The van der Waals surface area contributed by atoms with Crippen LogP contribution in [0.2, 0.25) is 0 Å². The summed E-state index contributed by atoms with van der Waals surface area (Å²) >= 11 is 0. The fourth-order valence-corrected chi connectivity index (χ4v) is 1.17. The standard InChI is InChI=1S/C7H17NO5/c8-6(13)5(1-9)7(2-10,3-11)4-12/h5-6,9-13H,1-4,8H2. The van der Waals surface area contributed by atoms with Gasteiger partial charge in [-0.3, -0.25) is 0 Å². The number of hydrogen-bond donors (Lipinski definition) is 6. The highest BCUT2D eigenvalue weighted by Gasteiger charge is 2.40. The van der Waals surface area contributed by atoms with E-state index in [1.807, 2.05) is 0 Å². The zero-order chi connectivity index (χ0) is 10.5. The summed E-state index contributed by atoms with van der Waals surface area (Å²) < 4.78 is 0. The highest BCUT2D eigenvalue weighted by Crippen LogP contribution is 2.27. The van der Waals surface area contributed by atoms with Crippen molar-refractivity contribution in [3.05, 3.63) is 0 Å². The van der Waals surface area contributed by atoms with E-state index in [4.69, 9.17) is 31.3 Å². The maximum atomic E-state index is 9.03. The van der Waals surface area contributed by atoms with Crippen LogP contribution in [0.25, 0.3) is 0 Å². The molecule has 2 atom stereocenters. The molecule has 0 saturated carbocycles. The number of aliphatic hydroxyl groups excluding tert-OH is 5. The summed E-state index contributed by atoms with van der Waals surface area (Å²) in [6.45, 7) is -2.18. The fraction of sp³-hybridized carbons (Fsp3) is 1.00. The van der Waals surface area contributed by atoms with E-state index in [0.717, 1.165) is 0 Å². The molecule has 0 amide bonds. The monoisotopic (exact) mass is 195 g/mol. The van der Waals surface area contributed by atoms with Gasteiger partial charge in [0.2, 0.25) is 0 Å². The topological polar surface area (TPSA) is 127 Å². The van der Waals surface area contributed by atoms with Crippen molar-refractivity contribution in [3.63, 3.8) is 0 Å². The van der Waals surface area contributed by atoms with E-state index in [1.165, 1.54) is 0 Å². The Morgan fingerprint density at radius 3 is 1.46 bits per heavy atom. The summed E-state index contributed by atoms with van der Waals surface area (Å²) in [5.74, 6) is -0.951. The van der Waals surface area contributed by atoms with Gasteiger partial charge in [-0.15, -0.1) is 0 Å². The molecule has 0 aromatic rings. The van der Waals surface area contributed by atoms with Gasteiger partial charge in [0.15, 0.2) is 0 Å². The smallest absolute Gasteiger partial charge is 0.108 e. The average Bonchev–Trinajstić information content (AvgIpc) is 2.13. The SMILES string of the molecule is NC(O)C(CO)C(CO)(CO)CO. The van der Waals surface area contributed by atoms with Gasteiger partial charge in [0.25, 0.3) is 0 Å². The van der Waals surface area contributed by atoms with Crippen LogP contribution in [0.5, 0.6) is 0 Å². The number of nitrogens with two attached hydrogens (primary N) is 1. The predicted octanol–water partition coefficient (Wildman–Crippen LogP) is -3.16. The van der Waals surface area contributed by atoms with Crippen molar-refractivity contribution in [2.24, 2.45) is 17.1 Å². The number of hydrogen-bond acceptors (Lipinski definition) is 6. The molecule has 7 N–H and O–H groups in total. The third-order valence-corrected chi connectivity index (χ3v) is 2.34. The lowest BCUT2D eigenvalue weighted by Crippen LogP contribution is -2.51. The van der Waals surface area contributed by atoms with Crippen LogP contribution < -0.4 is 5.73 Å². The molecule has 0 rings (SSSR count). The van der Waals surface area contributed by atoms with Crippen LogP contribution in [-0.4, -0.2) is 58.2 Å². The first-order valence-corrected chi connectivity index (χ1v) is 3.95. The lowest BCUT2D eigenvalue weighted by atomic mass is 9.76. The second-order valence-electron chi connectivity index (χ2n) is 3.12. The minimum absolute atomic E-state index is 0.515. The second kappa shape index (κ2) is 5.48. The van der Waals surface area contributed by atoms with Crippen molar-refractivity contribution >= 4 is 0 Å². The molecule has 6 nitrogen and oxygen atoms in total. The molecule has 0 aliphatic carbocycles. The van der Waals surface area contributed by atoms with E-state index in [0.29, 0.717) is 0 Å². The molecule has 0 fully saturated rings. The van der Waals surface area contributed by atoms with Gasteiger partial charge < -0.3 is 31.3 Å². The molecule has 0 heterocycles. The van der Waals surface area contributed by atoms with Crippen molar-refractivity contribution in [2.75, 3.05) is 26.4 Å². The van der Waals surface area contributed by atoms with Crippen LogP contribution in [0.15, 0.2) is 0 Å². The molecule has 13 heavy (non-hydrogen) atoms. The van der Waals surface area contributed by atoms with Crippen LogP contribution in [0.3, 0.4) is 0 Å². The first-order chi connectivity index (χ1) is 6.07. The van der Waals surface area contributed by atoms with Gasteiger partial charge in [0.1, 0.15) is 6.23 Å². The first-order valence-electron chi connectivity index (χ1n) is 3.95. The van der Waals surface area contributed by atoms with E-state index >= 15 is 0 Å². The van der Waals surface area contributed by atoms with E-state index in [1.54, 1.807) is 0 Å². The minimum Gasteiger partial charge on any atom is -0.396 e. The first kappa shape index (κ1) is 12.8. The van der Waals surface area contributed by atoms with Crippen molar-refractivity contribution < 1.29 is 25.5 Å². The Labute approximate surface area is 76.2 Å². The summed E-state index contributed by atoms with van der Waals surface area (Å²) in [4.78, 5) is 0. The summed E-state index contributed by atoms with van der Waals surface area (Å²) in [5.41, 5.74) is 3.78. The highest BCUT2D eigenvalue weighted by molar-refractivity contribution is 4.87. The minimum atomic E-state index is -1.39. The largest absolute Gasteiger partial charge is 0.396 e. The Bertz CT molecular complexity index is 129. The van der Waals surface area contributed by atoms with Gasteiger partial charge in [-0.1, -0.05) is 0 Å². The Kier molecular flexibility index (Phi) is 5.38. The van der Waals surface area contributed by atoms with Crippen molar-refractivity contribution in [1.82, 2.24) is 0 Å². The molecule has 0 aliphatic rings. The van der Waals surface area contributed by atoms with Gasteiger partial charge >= 0.3 is 0 Å². The Balaban J connectivity index is 4.65. The zero-order valence-electron chi connectivity index (χ0n) is 7.30. The van der Waals surface area contributed by atoms with Crippen LogP contribution in [-0.2, 0) is 0 Å². The quantitative estimate of drug-likeness (QED) is 0.248. The van der Waals surface area contributed by atoms with E-state index in [9.17, 15) is 0 Å². The molecule has 0 aliphatic heterocycles. The van der Waals surface area contributed by atoms with Gasteiger partial charge in [-0.2, -0.15) is 0 Å². The highest BCUT2D eigenvalue weighted by atomic mass is 16.3. The van der Waals surface area contributed by atoms with Gasteiger partial charge in [0.05, 0.1) is 26.4 Å². The summed E-state index contributed by atoms with van der Waals surface area (Å²) in [6.07, 6.45) is -1.39. The zero-order valence-corrected chi connectivity index (χ0v) is 7.30. The molecule has 0 radical (unpaired) electrons. The van der Waals surface area contributed by atoms with Crippen LogP contribution in [0.4, 0.5) is 0 Å².